The number of hydrogen-bond acceptors (Lipinski definition) is 4. The SMILES string of the molecule is CC(C)(C)CC(F)(C(O)OCC(=O)OCC(F)(F)F)C(C)(C)C. The van der Waals surface area contributed by atoms with Gasteiger partial charge in [0.25, 0.3) is 0 Å². The molecule has 1 N–H and O–H groups in total. The van der Waals surface area contributed by atoms with E-state index in [9.17, 15) is 23.1 Å². The van der Waals surface area contributed by atoms with Crippen molar-refractivity contribution in [3.05, 3.63) is 0 Å². The molecular weight excluding hydrogens is 320 g/mol. The summed E-state index contributed by atoms with van der Waals surface area (Å²) >= 11 is 0. The van der Waals surface area contributed by atoms with E-state index < -0.39 is 48.1 Å². The summed E-state index contributed by atoms with van der Waals surface area (Å²) in [6.45, 7) is 7.29. The molecule has 0 rings (SSSR count). The molecule has 138 valence electrons. The Balaban J connectivity index is 4.81. The summed E-state index contributed by atoms with van der Waals surface area (Å²) in [4.78, 5) is 11.2. The average Bonchev–Trinajstić information content (AvgIpc) is 2.28. The zero-order chi connectivity index (χ0) is 18.7. The summed E-state index contributed by atoms with van der Waals surface area (Å²) in [6, 6.07) is 0. The standard InChI is InChI=1S/C15H26F4O4/c1-12(2,3)8-14(16,13(4,5)6)11(21)22-7-10(20)23-9-15(17,18)19/h11,21H,7-9H2,1-6H3. The zero-order valence-electron chi connectivity index (χ0n) is 14.4. The van der Waals surface area contributed by atoms with Crippen LogP contribution in [0.2, 0.25) is 0 Å². The summed E-state index contributed by atoms with van der Waals surface area (Å²) in [7, 11) is 0. The quantitative estimate of drug-likeness (QED) is 0.453. The first-order chi connectivity index (χ1) is 9.98. The first-order valence-electron chi connectivity index (χ1n) is 7.19. The molecule has 0 heterocycles. The largest absolute Gasteiger partial charge is 0.454 e. The molecule has 0 saturated heterocycles. The highest BCUT2D eigenvalue weighted by Crippen LogP contribution is 2.45. The zero-order valence-corrected chi connectivity index (χ0v) is 14.4. The molecule has 0 spiro atoms. The van der Waals surface area contributed by atoms with Crippen LogP contribution in [0, 0.1) is 10.8 Å². The number of carbonyl (C=O) groups excluding carboxylic acids is 1. The van der Waals surface area contributed by atoms with Gasteiger partial charge in [-0.25, -0.2) is 9.18 Å². The van der Waals surface area contributed by atoms with E-state index in [2.05, 4.69) is 4.74 Å². The second-order valence-electron chi connectivity index (χ2n) is 7.79. The van der Waals surface area contributed by atoms with E-state index in [1.165, 1.54) is 0 Å². The summed E-state index contributed by atoms with van der Waals surface area (Å²) < 4.78 is 59.7. The van der Waals surface area contributed by atoms with Crippen molar-refractivity contribution in [2.24, 2.45) is 10.8 Å². The normalized spacial score (nSPS) is 17.5. The Kier molecular flexibility index (Phi) is 7.05. The lowest BCUT2D eigenvalue weighted by molar-refractivity contribution is -0.232. The maximum absolute atomic E-state index is 15.3. The molecule has 2 atom stereocenters. The fourth-order valence-corrected chi connectivity index (χ4v) is 1.98. The molecular formula is C15H26F4O4. The first-order valence-corrected chi connectivity index (χ1v) is 7.19. The van der Waals surface area contributed by atoms with Crippen LogP contribution in [0.3, 0.4) is 0 Å². The maximum atomic E-state index is 15.3. The molecule has 0 aliphatic carbocycles. The van der Waals surface area contributed by atoms with Crippen molar-refractivity contribution in [2.45, 2.75) is 66.1 Å². The predicted molar refractivity (Wildman–Crippen MR) is 76.3 cm³/mol. The lowest BCUT2D eigenvalue weighted by atomic mass is 9.69. The van der Waals surface area contributed by atoms with Crippen molar-refractivity contribution in [1.82, 2.24) is 0 Å². The van der Waals surface area contributed by atoms with E-state index in [0.717, 1.165) is 0 Å². The molecule has 0 aliphatic heterocycles. The third-order valence-electron chi connectivity index (χ3n) is 3.18. The van der Waals surface area contributed by atoms with Crippen LogP contribution in [0.4, 0.5) is 17.6 Å². The molecule has 23 heavy (non-hydrogen) atoms. The summed E-state index contributed by atoms with van der Waals surface area (Å²) in [5.74, 6) is -1.33. The molecule has 0 aromatic rings. The van der Waals surface area contributed by atoms with Crippen LogP contribution < -0.4 is 0 Å². The van der Waals surface area contributed by atoms with Crippen LogP contribution in [0.25, 0.3) is 0 Å². The van der Waals surface area contributed by atoms with Gasteiger partial charge in [0.2, 0.25) is 0 Å². The fraction of sp³-hybridized carbons (Fsp3) is 0.933. The lowest BCUT2D eigenvalue weighted by Gasteiger charge is -2.44. The van der Waals surface area contributed by atoms with Crippen LogP contribution in [-0.4, -0.2) is 42.4 Å². The topological polar surface area (TPSA) is 55.8 Å². The Bertz CT molecular complexity index is 396. The van der Waals surface area contributed by atoms with E-state index in [0.29, 0.717) is 0 Å². The van der Waals surface area contributed by atoms with E-state index in [4.69, 9.17) is 4.74 Å². The predicted octanol–water partition coefficient (Wildman–Crippen LogP) is 3.62. The second kappa shape index (κ2) is 7.34. The van der Waals surface area contributed by atoms with Gasteiger partial charge in [-0.2, -0.15) is 13.2 Å². The molecule has 0 radical (unpaired) electrons. The number of aliphatic hydroxyl groups excluding tert-OH is 1. The Morgan fingerprint density at radius 3 is 1.87 bits per heavy atom. The minimum absolute atomic E-state index is 0.0672. The molecule has 0 bridgehead atoms. The number of halogens is 4. The molecule has 8 heteroatoms. The monoisotopic (exact) mass is 346 g/mol. The number of alkyl halides is 4. The van der Waals surface area contributed by atoms with Crippen molar-refractivity contribution in [2.75, 3.05) is 13.2 Å². The Morgan fingerprint density at radius 2 is 1.52 bits per heavy atom. The summed E-state index contributed by atoms with van der Waals surface area (Å²) in [6.07, 6.45) is -6.70. The number of esters is 1. The maximum Gasteiger partial charge on any atom is 0.422 e. The van der Waals surface area contributed by atoms with Gasteiger partial charge in [-0.1, -0.05) is 41.5 Å². The van der Waals surface area contributed by atoms with Gasteiger partial charge < -0.3 is 14.6 Å². The third kappa shape index (κ3) is 7.97. The van der Waals surface area contributed by atoms with Gasteiger partial charge in [-0.3, -0.25) is 0 Å². The van der Waals surface area contributed by atoms with Crippen LogP contribution in [-0.2, 0) is 14.3 Å². The van der Waals surface area contributed by atoms with Crippen molar-refractivity contribution < 1.29 is 36.9 Å². The Labute approximate surface area is 134 Å². The van der Waals surface area contributed by atoms with E-state index >= 15 is 4.39 Å². The van der Waals surface area contributed by atoms with E-state index in [-0.39, 0.29) is 6.42 Å². The molecule has 0 fully saturated rings. The molecule has 0 aliphatic rings. The minimum Gasteiger partial charge on any atom is -0.454 e. The first kappa shape index (κ1) is 22.1. The molecule has 0 saturated carbocycles. The van der Waals surface area contributed by atoms with Gasteiger partial charge in [-0.05, 0) is 11.8 Å². The van der Waals surface area contributed by atoms with Crippen LogP contribution >= 0.6 is 0 Å². The van der Waals surface area contributed by atoms with Crippen molar-refractivity contribution >= 4 is 5.97 Å². The van der Waals surface area contributed by atoms with Crippen LogP contribution in [0.5, 0.6) is 0 Å². The summed E-state index contributed by atoms with van der Waals surface area (Å²) in [5.41, 5.74) is -3.70. The third-order valence-corrected chi connectivity index (χ3v) is 3.18. The number of rotatable bonds is 6. The average molecular weight is 346 g/mol. The molecule has 2 unspecified atom stereocenters. The highest BCUT2D eigenvalue weighted by Gasteiger charge is 2.51. The van der Waals surface area contributed by atoms with Crippen LogP contribution in [0.1, 0.15) is 48.0 Å². The number of ether oxygens (including phenoxy) is 2. The molecule has 0 aromatic heterocycles. The Morgan fingerprint density at radius 1 is 1.04 bits per heavy atom. The highest BCUT2D eigenvalue weighted by molar-refractivity contribution is 5.70. The fourth-order valence-electron chi connectivity index (χ4n) is 1.98. The Hall–Kier alpha value is -0.890. The highest BCUT2D eigenvalue weighted by atomic mass is 19.4. The van der Waals surface area contributed by atoms with Crippen molar-refractivity contribution in [3.63, 3.8) is 0 Å². The number of hydrogen-bond donors (Lipinski definition) is 1. The molecule has 0 aromatic carbocycles. The summed E-state index contributed by atoms with van der Waals surface area (Å²) in [5, 5.41) is 10.0. The smallest absolute Gasteiger partial charge is 0.422 e. The van der Waals surface area contributed by atoms with Crippen LogP contribution in [0.15, 0.2) is 0 Å². The number of aliphatic hydroxyl groups is 1. The van der Waals surface area contributed by atoms with Gasteiger partial charge in [-0.15, -0.1) is 0 Å². The number of carbonyl (C=O) groups is 1. The van der Waals surface area contributed by atoms with Gasteiger partial charge in [0, 0.05) is 5.41 Å². The van der Waals surface area contributed by atoms with Crippen molar-refractivity contribution in [1.29, 1.82) is 0 Å². The van der Waals surface area contributed by atoms with Gasteiger partial charge in [0.05, 0.1) is 0 Å². The van der Waals surface area contributed by atoms with Crippen molar-refractivity contribution in [3.8, 4) is 0 Å². The van der Waals surface area contributed by atoms with E-state index in [1.807, 2.05) is 0 Å². The molecule has 4 nitrogen and oxygen atoms in total. The van der Waals surface area contributed by atoms with Gasteiger partial charge in [0.15, 0.2) is 18.6 Å². The van der Waals surface area contributed by atoms with Gasteiger partial charge >= 0.3 is 12.1 Å². The van der Waals surface area contributed by atoms with Gasteiger partial charge in [0.1, 0.15) is 6.61 Å². The van der Waals surface area contributed by atoms with E-state index in [1.54, 1.807) is 41.5 Å². The molecule has 0 amide bonds. The second-order valence-corrected chi connectivity index (χ2v) is 7.79. The lowest BCUT2D eigenvalue weighted by Crippen LogP contribution is -2.52. The minimum atomic E-state index is -4.66.